The van der Waals surface area contributed by atoms with Crippen LogP contribution in [0.2, 0.25) is 0 Å². The minimum atomic E-state index is -0.761. The lowest BCUT2D eigenvalue weighted by atomic mass is 9.84. The fourth-order valence-electron chi connectivity index (χ4n) is 4.77. The number of morpholine rings is 1. The van der Waals surface area contributed by atoms with E-state index in [-0.39, 0.29) is 48.7 Å². The zero-order valence-corrected chi connectivity index (χ0v) is 17.8. The van der Waals surface area contributed by atoms with Crippen LogP contribution < -0.4 is 5.32 Å². The first-order valence-electron chi connectivity index (χ1n) is 10.9. The predicted molar refractivity (Wildman–Crippen MR) is 107 cm³/mol. The van der Waals surface area contributed by atoms with Crippen LogP contribution in [0.15, 0.2) is 0 Å². The quantitative estimate of drug-likeness (QED) is 0.617. The van der Waals surface area contributed by atoms with Gasteiger partial charge in [0.1, 0.15) is 0 Å². The number of aliphatic carboxylic acids is 1. The molecule has 1 heterocycles. The van der Waals surface area contributed by atoms with Crippen LogP contribution in [-0.2, 0) is 14.3 Å². The summed E-state index contributed by atoms with van der Waals surface area (Å²) in [4.78, 5) is 28.6. The van der Waals surface area contributed by atoms with Crippen LogP contribution >= 0.6 is 0 Å². The first-order valence-corrected chi connectivity index (χ1v) is 10.9. The zero-order chi connectivity index (χ0) is 20.4. The smallest absolute Gasteiger partial charge is 0.317 e. The van der Waals surface area contributed by atoms with Gasteiger partial charge in [-0.3, -0.25) is 19.4 Å². The molecule has 0 aromatic carbocycles. The molecule has 1 aliphatic heterocycles. The van der Waals surface area contributed by atoms with Crippen molar-refractivity contribution in [1.29, 1.82) is 0 Å². The van der Waals surface area contributed by atoms with E-state index in [4.69, 9.17) is 4.74 Å². The standard InChI is InChI=1S/C21H37N3O4/c1-13(2)20(24-9-14(3)28-15(4)10-24)21(27)22-17-7-18(8-17)23(12-19(25)26)11-16-5-6-16/h13-18,20H,5-12H2,1-4H3,(H,22,27)(H,25,26). The molecule has 28 heavy (non-hydrogen) atoms. The van der Waals surface area contributed by atoms with Gasteiger partial charge in [0.05, 0.1) is 24.8 Å². The van der Waals surface area contributed by atoms with Gasteiger partial charge in [0, 0.05) is 31.7 Å². The molecule has 1 amide bonds. The molecule has 3 atom stereocenters. The molecule has 2 N–H and O–H groups in total. The highest BCUT2D eigenvalue weighted by Crippen LogP contribution is 2.34. The van der Waals surface area contributed by atoms with Gasteiger partial charge in [0.2, 0.25) is 5.91 Å². The number of ether oxygens (including phenoxy) is 1. The SMILES string of the molecule is CC1CN(C(C(=O)NC2CC(N(CC(=O)O)CC3CC3)C2)C(C)C)CC(C)O1. The molecule has 3 fully saturated rings. The molecular formula is C21H37N3O4. The minimum Gasteiger partial charge on any atom is -0.480 e. The van der Waals surface area contributed by atoms with Crippen LogP contribution in [0.25, 0.3) is 0 Å². The summed E-state index contributed by atoms with van der Waals surface area (Å²) >= 11 is 0. The lowest BCUT2D eigenvalue weighted by molar-refractivity contribution is -0.141. The zero-order valence-electron chi connectivity index (χ0n) is 17.8. The molecule has 3 aliphatic rings. The molecule has 1 saturated heterocycles. The van der Waals surface area contributed by atoms with E-state index in [1.807, 2.05) is 0 Å². The van der Waals surface area contributed by atoms with E-state index in [0.717, 1.165) is 32.5 Å². The van der Waals surface area contributed by atoms with Crippen LogP contribution in [0, 0.1) is 11.8 Å². The number of carbonyl (C=O) groups is 2. The number of carboxylic acids is 1. The van der Waals surface area contributed by atoms with E-state index >= 15 is 0 Å². The molecule has 0 aromatic heterocycles. The molecule has 7 nitrogen and oxygen atoms in total. The van der Waals surface area contributed by atoms with Gasteiger partial charge < -0.3 is 15.2 Å². The molecule has 160 valence electrons. The summed E-state index contributed by atoms with van der Waals surface area (Å²) in [6, 6.07) is 0.294. The third-order valence-electron chi connectivity index (χ3n) is 6.25. The van der Waals surface area contributed by atoms with E-state index in [9.17, 15) is 14.7 Å². The van der Waals surface area contributed by atoms with Gasteiger partial charge in [-0.25, -0.2) is 0 Å². The van der Waals surface area contributed by atoms with Crippen molar-refractivity contribution in [3.05, 3.63) is 0 Å². The first kappa shape index (κ1) is 21.5. The highest BCUT2D eigenvalue weighted by Gasteiger charge is 2.40. The number of nitrogens with one attached hydrogen (secondary N) is 1. The Morgan fingerprint density at radius 1 is 1.18 bits per heavy atom. The van der Waals surface area contributed by atoms with E-state index in [1.54, 1.807) is 0 Å². The maximum Gasteiger partial charge on any atom is 0.317 e. The van der Waals surface area contributed by atoms with E-state index in [0.29, 0.717) is 5.92 Å². The van der Waals surface area contributed by atoms with Crippen molar-refractivity contribution in [1.82, 2.24) is 15.1 Å². The summed E-state index contributed by atoms with van der Waals surface area (Å²) in [6.45, 7) is 10.9. The van der Waals surface area contributed by atoms with Crippen molar-refractivity contribution < 1.29 is 19.4 Å². The molecule has 0 radical (unpaired) electrons. The monoisotopic (exact) mass is 395 g/mol. The summed E-state index contributed by atoms with van der Waals surface area (Å²) in [5.41, 5.74) is 0. The number of hydrogen-bond acceptors (Lipinski definition) is 5. The topological polar surface area (TPSA) is 82.1 Å². The van der Waals surface area contributed by atoms with Crippen molar-refractivity contribution in [3.63, 3.8) is 0 Å². The van der Waals surface area contributed by atoms with Crippen LogP contribution in [0.1, 0.15) is 53.4 Å². The Hall–Kier alpha value is -1.18. The van der Waals surface area contributed by atoms with Crippen molar-refractivity contribution in [3.8, 4) is 0 Å². The second kappa shape index (κ2) is 9.09. The van der Waals surface area contributed by atoms with Crippen LogP contribution in [0.4, 0.5) is 0 Å². The van der Waals surface area contributed by atoms with E-state index in [2.05, 4.69) is 42.8 Å². The maximum absolute atomic E-state index is 13.0. The number of hydrogen-bond donors (Lipinski definition) is 2. The third kappa shape index (κ3) is 5.67. The summed E-state index contributed by atoms with van der Waals surface area (Å²) in [5, 5.41) is 12.4. The average molecular weight is 396 g/mol. The van der Waals surface area contributed by atoms with Crippen molar-refractivity contribution in [2.45, 2.75) is 83.7 Å². The third-order valence-corrected chi connectivity index (χ3v) is 6.25. The van der Waals surface area contributed by atoms with Gasteiger partial charge in [-0.15, -0.1) is 0 Å². The lowest BCUT2D eigenvalue weighted by Gasteiger charge is -2.45. The Balaban J connectivity index is 1.51. The maximum atomic E-state index is 13.0. The van der Waals surface area contributed by atoms with Gasteiger partial charge in [-0.05, 0) is 51.4 Å². The fraction of sp³-hybridized carbons (Fsp3) is 0.905. The second-order valence-electron chi connectivity index (χ2n) is 9.50. The number of rotatable bonds is 9. The molecule has 0 aromatic rings. The first-order chi connectivity index (χ1) is 13.2. The highest BCUT2D eigenvalue weighted by atomic mass is 16.5. The van der Waals surface area contributed by atoms with E-state index in [1.165, 1.54) is 12.8 Å². The predicted octanol–water partition coefficient (Wildman–Crippen LogP) is 1.56. The molecule has 0 spiro atoms. The van der Waals surface area contributed by atoms with Gasteiger partial charge >= 0.3 is 5.97 Å². The lowest BCUT2D eigenvalue weighted by Crippen LogP contribution is -2.61. The summed E-state index contributed by atoms with van der Waals surface area (Å²) in [7, 11) is 0. The number of carboxylic acid groups (broad SMARTS) is 1. The number of nitrogens with zero attached hydrogens (tertiary/aromatic N) is 2. The van der Waals surface area contributed by atoms with Gasteiger partial charge in [0.15, 0.2) is 0 Å². The molecule has 7 heteroatoms. The van der Waals surface area contributed by atoms with Gasteiger partial charge in [-0.1, -0.05) is 13.8 Å². The average Bonchev–Trinajstić information content (AvgIpc) is 3.32. The fourth-order valence-corrected chi connectivity index (χ4v) is 4.77. The Morgan fingerprint density at radius 3 is 2.29 bits per heavy atom. The summed E-state index contributed by atoms with van der Waals surface area (Å²) in [5.74, 6) is 0.241. The Morgan fingerprint density at radius 2 is 1.79 bits per heavy atom. The van der Waals surface area contributed by atoms with Crippen molar-refractivity contribution in [2.24, 2.45) is 11.8 Å². The normalized spacial score (nSPS) is 32.2. The van der Waals surface area contributed by atoms with Crippen LogP contribution in [0.3, 0.4) is 0 Å². The van der Waals surface area contributed by atoms with Crippen molar-refractivity contribution in [2.75, 3.05) is 26.2 Å². The Labute approximate surface area is 168 Å². The van der Waals surface area contributed by atoms with Gasteiger partial charge in [0.25, 0.3) is 0 Å². The van der Waals surface area contributed by atoms with Crippen LogP contribution in [-0.4, -0.2) is 83.3 Å². The molecule has 3 rings (SSSR count). The van der Waals surface area contributed by atoms with E-state index < -0.39 is 5.97 Å². The van der Waals surface area contributed by atoms with Crippen molar-refractivity contribution >= 4 is 11.9 Å². The molecule has 0 bridgehead atoms. The molecular weight excluding hydrogens is 358 g/mol. The number of carbonyl (C=O) groups excluding carboxylic acids is 1. The highest BCUT2D eigenvalue weighted by molar-refractivity contribution is 5.82. The Bertz CT molecular complexity index is 550. The number of amides is 1. The largest absolute Gasteiger partial charge is 0.480 e. The van der Waals surface area contributed by atoms with Gasteiger partial charge in [-0.2, -0.15) is 0 Å². The second-order valence-corrected chi connectivity index (χ2v) is 9.50. The summed E-state index contributed by atoms with van der Waals surface area (Å²) < 4.78 is 5.82. The Kier molecular flexibility index (Phi) is 6.99. The molecule has 2 saturated carbocycles. The molecule has 2 aliphatic carbocycles. The van der Waals surface area contributed by atoms with Crippen LogP contribution in [0.5, 0.6) is 0 Å². The summed E-state index contributed by atoms with van der Waals surface area (Å²) in [6.07, 6.45) is 4.42. The molecule has 3 unspecified atom stereocenters. The minimum absolute atomic E-state index is 0.103.